The summed E-state index contributed by atoms with van der Waals surface area (Å²) in [5, 5.41) is 4.74. The van der Waals surface area contributed by atoms with Gasteiger partial charge in [-0.3, -0.25) is 4.68 Å². The third-order valence-corrected chi connectivity index (χ3v) is 3.73. The molecule has 0 spiro atoms. The van der Waals surface area contributed by atoms with Crippen LogP contribution < -0.4 is 0 Å². The van der Waals surface area contributed by atoms with Gasteiger partial charge < -0.3 is 4.57 Å². The van der Waals surface area contributed by atoms with Crippen LogP contribution in [0.3, 0.4) is 0 Å². The summed E-state index contributed by atoms with van der Waals surface area (Å²) in [6.07, 6.45) is 1.53. The molecule has 0 aliphatic carbocycles. The zero-order valence-electron chi connectivity index (χ0n) is 10.9. The van der Waals surface area contributed by atoms with Gasteiger partial charge in [0.1, 0.15) is 5.15 Å². The van der Waals surface area contributed by atoms with Crippen molar-refractivity contribution in [3.05, 3.63) is 46.5 Å². The summed E-state index contributed by atoms with van der Waals surface area (Å²) in [6.45, 7) is 2.25. The van der Waals surface area contributed by atoms with E-state index in [0.717, 1.165) is 23.4 Å². The van der Waals surface area contributed by atoms with E-state index in [0.29, 0.717) is 22.7 Å². The van der Waals surface area contributed by atoms with E-state index in [1.165, 1.54) is 6.33 Å². The van der Waals surface area contributed by atoms with Gasteiger partial charge in [0, 0.05) is 24.7 Å². The smallest absolute Gasteiger partial charge is 0.161 e. The molecular formula is C13H11ClF2N4. The minimum absolute atomic E-state index is 0.403. The number of aryl methyl sites for hydroxylation is 2. The van der Waals surface area contributed by atoms with Gasteiger partial charge in [-0.2, -0.15) is 5.10 Å². The number of benzene rings is 1. The minimum atomic E-state index is -0.904. The highest BCUT2D eigenvalue weighted by molar-refractivity contribution is 6.30. The molecule has 0 saturated heterocycles. The number of imidazole rings is 1. The Balaban J connectivity index is 2.09. The lowest BCUT2D eigenvalue weighted by Crippen LogP contribution is -2.00. The molecule has 2 aromatic heterocycles. The second-order valence-corrected chi connectivity index (χ2v) is 4.96. The highest BCUT2D eigenvalue weighted by Gasteiger charge is 2.14. The number of hydrogen-bond acceptors (Lipinski definition) is 2. The number of rotatable bonds is 2. The van der Waals surface area contributed by atoms with Crippen molar-refractivity contribution in [2.45, 2.75) is 13.5 Å². The second-order valence-electron chi connectivity index (χ2n) is 4.61. The van der Waals surface area contributed by atoms with Crippen LogP contribution in [0.4, 0.5) is 8.78 Å². The third kappa shape index (κ3) is 1.96. The summed E-state index contributed by atoms with van der Waals surface area (Å²) >= 11 is 6.17. The highest BCUT2D eigenvalue weighted by atomic mass is 35.5. The van der Waals surface area contributed by atoms with E-state index in [2.05, 4.69) is 10.1 Å². The van der Waals surface area contributed by atoms with Crippen LogP contribution in [-0.2, 0) is 13.6 Å². The Bertz CT molecular complexity index is 806. The molecule has 0 bridgehead atoms. The molecule has 0 unspecified atom stereocenters. The van der Waals surface area contributed by atoms with E-state index in [1.807, 2.05) is 6.92 Å². The SMILES string of the molecule is Cc1nn(C)c(Cl)c1Cn1cnc2cc(F)c(F)cc21. The molecular weight excluding hydrogens is 286 g/mol. The number of fused-ring (bicyclic) bond motifs is 1. The van der Waals surface area contributed by atoms with E-state index >= 15 is 0 Å². The zero-order valence-corrected chi connectivity index (χ0v) is 11.6. The molecule has 7 heteroatoms. The molecule has 104 valence electrons. The van der Waals surface area contributed by atoms with Crippen LogP contribution >= 0.6 is 11.6 Å². The molecule has 20 heavy (non-hydrogen) atoms. The van der Waals surface area contributed by atoms with Crippen LogP contribution in [0.15, 0.2) is 18.5 Å². The van der Waals surface area contributed by atoms with Gasteiger partial charge in [0.05, 0.1) is 29.6 Å². The predicted octanol–water partition coefficient (Wildman–Crippen LogP) is 3.06. The van der Waals surface area contributed by atoms with Crippen molar-refractivity contribution in [1.82, 2.24) is 19.3 Å². The quantitative estimate of drug-likeness (QED) is 0.728. The van der Waals surface area contributed by atoms with Crippen molar-refractivity contribution in [2.24, 2.45) is 7.05 Å². The van der Waals surface area contributed by atoms with Gasteiger partial charge in [-0.15, -0.1) is 0 Å². The summed E-state index contributed by atoms with van der Waals surface area (Å²) < 4.78 is 29.8. The lowest BCUT2D eigenvalue weighted by molar-refractivity contribution is 0.510. The van der Waals surface area contributed by atoms with Gasteiger partial charge in [0.25, 0.3) is 0 Å². The molecule has 3 aromatic rings. The zero-order chi connectivity index (χ0) is 14.4. The van der Waals surface area contributed by atoms with Gasteiger partial charge in [0.15, 0.2) is 11.6 Å². The first-order valence-electron chi connectivity index (χ1n) is 5.95. The third-order valence-electron chi connectivity index (χ3n) is 3.26. The van der Waals surface area contributed by atoms with Gasteiger partial charge in [-0.1, -0.05) is 11.6 Å². The standard InChI is InChI=1S/C13H11ClF2N4/c1-7-8(13(14)19(2)18-7)5-20-6-17-11-3-9(15)10(16)4-12(11)20/h3-4,6H,5H2,1-2H3. The van der Waals surface area contributed by atoms with E-state index in [1.54, 1.807) is 16.3 Å². The van der Waals surface area contributed by atoms with Crippen molar-refractivity contribution in [1.29, 1.82) is 0 Å². The maximum absolute atomic E-state index is 13.3. The highest BCUT2D eigenvalue weighted by Crippen LogP contribution is 2.23. The Morgan fingerprint density at radius 1 is 1.25 bits per heavy atom. The number of hydrogen-bond donors (Lipinski definition) is 0. The lowest BCUT2D eigenvalue weighted by Gasteiger charge is -2.04. The van der Waals surface area contributed by atoms with Crippen molar-refractivity contribution < 1.29 is 8.78 Å². The Kier molecular flexibility index (Phi) is 2.97. The van der Waals surface area contributed by atoms with Gasteiger partial charge in [0.2, 0.25) is 0 Å². The van der Waals surface area contributed by atoms with Gasteiger partial charge in [-0.05, 0) is 6.92 Å². The lowest BCUT2D eigenvalue weighted by atomic mass is 10.2. The maximum Gasteiger partial charge on any atom is 0.161 e. The Labute approximate surface area is 118 Å². The fourth-order valence-corrected chi connectivity index (χ4v) is 2.44. The number of aromatic nitrogens is 4. The molecule has 2 heterocycles. The molecule has 0 aliphatic rings. The summed E-state index contributed by atoms with van der Waals surface area (Å²) in [5.74, 6) is -1.80. The average molecular weight is 297 g/mol. The predicted molar refractivity (Wildman–Crippen MR) is 71.7 cm³/mol. The van der Waals surface area contributed by atoms with Crippen molar-refractivity contribution in [3.63, 3.8) is 0 Å². The molecule has 0 saturated carbocycles. The molecule has 3 rings (SSSR count). The summed E-state index contributed by atoms with van der Waals surface area (Å²) in [6, 6.07) is 2.22. The Morgan fingerprint density at radius 2 is 1.95 bits per heavy atom. The van der Waals surface area contributed by atoms with E-state index in [-0.39, 0.29) is 0 Å². The van der Waals surface area contributed by atoms with Crippen LogP contribution in [0.25, 0.3) is 11.0 Å². The Morgan fingerprint density at radius 3 is 2.60 bits per heavy atom. The number of halogens is 3. The minimum Gasteiger partial charge on any atom is -0.326 e. The molecule has 0 atom stereocenters. The van der Waals surface area contributed by atoms with Crippen molar-refractivity contribution >= 4 is 22.6 Å². The van der Waals surface area contributed by atoms with Crippen LogP contribution in [0, 0.1) is 18.6 Å². The fourth-order valence-electron chi connectivity index (χ4n) is 2.20. The topological polar surface area (TPSA) is 35.6 Å². The fraction of sp³-hybridized carbons (Fsp3) is 0.231. The van der Waals surface area contributed by atoms with Crippen molar-refractivity contribution in [3.8, 4) is 0 Å². The molecule has 0 fully saturated rings. The average Bonchev–Trinajstić information content (AvgIpc) is 2.87. The van der Waals surface area contributed by atoms with Gasteiger partial charge in [-0.25, -0.2) is 13.8 Å². The van der Waals surface area contributed by atoms with Crippen LogP contribution in [0.5, 0.6) is 0 Å². The van der Waals surface area contributed by atoms with E-state index < -0.39 is 11.6 Å². The summed E-state index contributed by atoms with van der Waals surface area (Å²) in [4.78, 5) is 4.07. The summed E-state index contributed by atoms with van der Waals surface area (Å²) in [7, 11) is 1.75. The van der Waals surface area contributed by atoms with Crippen LogP contribution in [0.2, 0.25) is 5.15 Å². The largest absolute Gasteiger partial charge is 0.326 e. The maximum atomic E-state index is 13.3. The molecule has 0 amide bonds. The number of nitrogens with zero attached hydrogens (tertiary/aromatic N) is 4. The van der Waals surface area contributed by atoms with E-state index in [4.69, 9.17) is 11.6 Å². The van der Waals surface area contributed by atoms with Gasteiger partial charge >= 0.3 is 0 Å². The Hall–Kier alpha value is -1.95. The first-order chi connectivity index (χ1) is 9.47. The molecule has 0 N–H and O–H groups in total. The molecule has 0 radical (unpaired) electrons. The second kappa shape index (κ2) is 4.56. The molecule has 0 aliphatic heterocycles. The monoisotopic (exact) mass is 296 g/mol. The van der Waals surface area contributed by atoms with Crippen LogP contribution in [-0.4, -0.2) is 19.3 Å². The summed E-state index contributed by atoms with van der Waals surface area (Å²) in [5.41, 5.74) is 2.55. The molecule has 1 aromatic carbocycles. The van der Waals surface area contributed by atoms with Crippen LogP contribution in [0.1, 0.15) is 11.3 Å². The molecule has 4 nitrogen and oxygen atoms in total. The first-order valence-corrected chi connectivity index (χ1v) is 6.33. The van der Waals surface area contributed by atoms with E-state index in [9.17, 15) is 8.78 Å². The van der Waals surface area contributed by atoms with Crippen molar-refractivity contribution in [2.75, 3.05) is 0 Å². The normalized spacial score (nSPS) is 11.4. The first kappa shape index (κ1) is 13.1.